The van der Waals surface area contributed by atoms with Crippen LogP contribution in [0.3, 0.4) is 0 Å². The lowest BCUT2D eigenvalue weighted by molar-refractivity contribution is -0.667. The van der Waals surface area contributed by atoms with Crippen molar-refractivity contribution in [2.45, 2.75) is 69.4 Å². The molecule has 0 aliphatic rings. The number of hydrogen-bond acceptors (Lipinski definition) is 5. The maximum absolute atomic E-state index is 11.4. The van der Waals surface area contributed by atoms with E-state index in [-0.39, 0.29) is 0 Å². The van der Waals surface area contributed by atoms with E-state index in [0.29, 0.717) is 0 Å². The number of fused-ring (bicyclic) bond motifs is 1. The Morgan fingerprint density at radius 3 is 1.82 bits per heavy atom. The normalized spacial score (nSPS) is 13.1. The molecule has 1 aromatic carbocycles. The van der Waals surface area contributed by atoms with Crippen LogP contribution in [0.15, 0.2) is 29.8 Å². The Bertz CT molecular complexity index is 1040. The monoisotopic (exact) mass is 542 g/mol. The fourth-order valence-electron chi connectivity index (χ4n) is 2.60. The Morgan fingerprint density at radius 2 is 1.30 bits per heavy atom. The molecule has 0 saturated heterocycles. The molecular weight excluding hydrogens is 518 g/mol. The minimum atomic E-state index is -6.72. The number of halogens is 6. The lowest BCUT2D eigenvalue weighted by Crippen LogP contribution is -2.31. The molecule has 0 amide bonds. The van der Waals surface area contributed by atoms with Gasteiger partial charge < -0.3 is 4.13 Å². The summed E-state index contributed by atoms with van der Waals surface area (Å²) in [7, 11) is -13.4. The van der Waals surface area contributed by atoms with Gasteiger partial charge in [-0.3, -0.25) is 0 Å². The van der Waals surface area contributed by atoms with Crippen molar-refractivity contribution in [3.63, 3.8) is 0 Å². The van der Waals surface area contributed by atoms with Crippen LogP contribution in [0.2, 0.25) is 0 Å². The van der Waals surface area contributed by atoms with Crippen LogP contribution >= 0.6 is 11.3 Å². The van der Waals surface area contributed by atoms with Crippen LogP contribution in [0.5, 0.6) is 0 Å². The third-order valence-electron chi connectivity index (χ3n) is 4.27. The van der Waals surface area contributed by atoms with Crippen LogP contribution in [0, 0.1) is 0 Å². The van der Waals surface area contributed by atoms with E-state index in [0.717, 1.165) is 4.13 Å². The van der Waals surface area contributed by atoms with Crippen molar-refractivity contribution in [2.24, 2.45) is 0 Å². The zero-order valence-electron chi connectivity index (χ0n) is 17.6. The molecular formula is C18H24F6N2O4S3. The number of para-hydroxylation sites is 1. The van der Waals surface area contributed by atoms with E-state index in [2.05, 4.69) is 41.3 Å². The smallest absolute Gasteiger partial charge is 0.421 e. The summed E-state index contributed by atoms with van der Waals surface area (Å²) in [5.74, 6) is 0. The van der Waals surface area contributed by atoms with Gasteiger partial charge in [0, 0.05) is 12.5 Å². The average Bonchev–Trinajstić information content (AvgIpc) is 3.08. The molecule has 0 bridgehead atoms. The van der Waals surface area contributed by atoms with Gasteiger partial charge in [0.2, 0.25) is 11.0 Å². The van der Waals surface area contributed by atoms with Crippen LogP contribution in [0.4, 0.5) is 26.3 Å². The van der Waals surface area contributed by atoms with Crippen LogP contribution in [-0.2, 0) is 26.6 Å². The number of nitrogens with zero attached hydrogens (tertiary/aromatic N) is 2. The number of alkyl halides is 6. The lowest BCUT2D eigenvalue weighted by Gasteiger charge is -2.22. The summed E-state index contributed by atoms with van der Waals surface area (Å²) in [4.78, 5) is 0. The van der Waals surface area contributed by atoms with E-state index >= 15 is 0 Å². The second kappa shape index (κ2) is 12.3. The molecule has 2 aromatic rings. The molecule has 0 atom stereocenters. The van der Waals surface area contributed by atoms with Crippen molar-refractivity contribution in [2.75, 3.05) is 0 Å². The Labute approximate surface area is 192 Å². The Balaban J connectivity index is 0.000000337. The van der Waals surface area contributed by atoms with Crippen molar-refractivity contribution in [3.8, 4) is 0 Å². The second-order valence-electron chi connectivity index (χ2n) is 6.92. The topological polar surface area (TPSA) is 86.3 Å². The average molecular weight is 543 g/mol. The molecule has 2 rings (SSSR count). The van der Waals surface area contributed by atoms with Gasteiger partial charge in [0.1, 0.15) is 11.2 Å². The van der Waals surface area contributed by atoms with Gasteiger partial charge in [-0.15, -0.1) is 0 Å². The number of sulfonamides is 2. The van der Waals surface area contributed by atoms with Gasteiger partial charge >= 0.3 is 11.0 Å². The van der Waals surface area contributed by atoms with Crippen molar-refractivity contribution in [3.05, 3.63) is 33.9 Å². The molecule has 0 aliphatic heterocycles. The quantitative estimate of drug-likeness (QED) is 0.209. The maximum atomic E-state index is 11.4. The number of thiazole rings is 1. The highest BCUT2D eigenvalue weighted by molar-refractivity contribution is 8.13. The Hall–Kier alpha value is -1.45. The van der Waals surface area contributed by atoms with Gasteiger partial charge in [-0.1, -0.05) is 62.5 Å². The molecule has 0 saturated carbocycles. The first-order valence-corrected chi connectivity index (χ1v) is 13.6. The molecule has 15 heteroatoms. The summed E-state index contributed by atoms with van der Waals surface area (Å²) < 4.78 is 113. The first kappa shape index (κ1) is 29.6. The van der Waals surface area contributed by atoms with Crippen molar-refractivity contribution in [1.29, 1.82) is 0 Å². The molecule has 0 fully saturated rings. The molecule has 0 unspecified atom stereocenters. The largest absolute Gasteiger partial charge is 0.480 e. The van der Waals surface area contributed by atoms with E-state index in [1.54, 1.807) is 0 Å². The highest BCUT2D eigenvalue weighted by Gasteiger charge is 2.46. The van der Waals surface area contributed by atoms with Crippen LogP contribution in [0.25, 0.3) is 14.3 Å². The van der Waals surface area contributed by atoms with Crippen LogP contribution < -0.4 is 4.57 Å². The third-order valence-corrected chi connectivity index (χ3v) is 7.96. The zero-order chi connectivity index (χ0) is 25.3. The Morgan fingerprint density at radius 1 is 0.818 bits per heavy atom. The lowest BCUT2D eigenvalue weighted by atomic mass is 10.1. The summed E-state index contributed by atoms with van der Waals surface area (Å²) in [6.07, 6.45) is 9.69. The van der Waals surface area contributed by atoms with Gasteiger partial charge in [-0.05, 0) is 12.5 Å². The number of aromatic nitrogens is 1. The number of aryl methyl sites for hydroxylation is 1. The highest BCUT2D eigenvalue weighted by Crippen LogP contribution is 2.36. The van der Waals surface area contributed by atoms with Crippen molar-refractivity contribution >= 4 is 41.6 Å². The molecule has 0 aliphatic carbocycles. The maximum Gasteiger partial charge on any atom is 0.480 e. The summed E-state index contributed by atoms with van der Waals surface area (Å²) in [6, 6.07) is 8.70. The van der Waals surface area contributed by atoms with Gasteiger partial charge in [0.25, 0.3) is 0 Å². The van der Waals surface area contributed by atoms with Gasteiger partial charge in [-0.25, -0.2) is 16.8 Å². The summed E-state index contributed by atoms with van der Waals surface area (Å²) in [5, 5.41) is 0. The van der Waals surface area contributed by atoms with Gasteiger partial charge in [0.05, 0.1) is 0 Å². The number of benzene rings is 1. The molecule has 1 aromatic heterocycles. The van der Waals surface area contributed by atoms with Gasteiger partial charge in [-0.2, -0.15) is 30.9 Å². The number of unbranched alkanes of at least 4 members (excludes halogenated alkanes) is 6. The fourth-order valence-corrected chi connectivity index (χ4v) is 5.23. The minimum absolute atomic E-state index is 0.778. The molecule has 1 heterocycles. The Kier molecular flexibility index (Phi) is 11.0. The van der Waals surface area contributed by atoms with E-state index in [1.807, 2.05) is 11.3 Å². The number of hydrogen-bond donors (Lipinski definition) is 0. The fraction of sp³-hybridized carbons (Fsp3) is 0.611. The second-order valence-corrected chi connectivity index (χ2v) is 11.2. The first-order valence-electron chi connectivity index (χ1n) is 9.85. The molecule has 0 spiro atoms. The number of rotatable bonds is 10. The molecule has 6 nitrogen and oxygen atoms in total. The molecule has 33 heavy (non-hydrogen) atoms. The van der Waals surface area contributed by atoms with Crippen LogP contribution in [0.1, 0.15) is 51.9 Å². The van der Waals surface area contributed by atoms with Gasteiger partial charge in [0.15, 0.2) is 20.0 Å². The van der Waals surface area contributed by atoms with E-state index in [1.165, 1.54) is 61.7 Å². The van der Waals surface area contributed by atoms with E-state index < -0.39 is 31.1 Å². The van der Waals surface area contributed by atoms with Crippen LogP contribution in [-0.4, -0.2) is 27.9 Å². The predicted molar refractivity (Wildman–Crippen MR) is 113 cm³/mol. The van der Waals surface area contributed by atoms with E-state index in [9.17, 15) is 43.2 Å². The third kappa shape index (κ3) is 9.37. The first-order chi connectivity index (χ1) is 15.1. The molecule has 190 valence electrons. The summed E-state index contributed by atoms with van der Waals surface area (Å²) >= 11 is 1.85. The van der Waals surface area contributed by atoms with Crippen molar-refractivity contribution in [1.82, 2.24) is 0 Å². The molecule has 0 N–H and O–H groups in total. The zero-order valence-corrected chi connectivity index (χ0v) is 20.0. The minimum Gasteiger partial charge on any atom is -0.421 e. The van der Waals surface area contributed by atoms with Crippen molar-refractivity contribution < 1.29 is 47.7 Å². The highest BCUT2D eigenvalue weighted by atomic mass is 32.3. The summed E-state index contributed by atoms with van der Waals surface area (Å²) in [5.41, 5.74) is -8.74. The standard InChI is InChI=1S/C16H24NS.C2F6NO4S2/c1-2-3-4-5-6-7-10-13-17-14-18-16-12-9-8-11-15(16)17;3-1(4,5)14(10,11)9-15(12,13)2(6,7)8/h8-9,11-12,14H,2-7,10,13H2,1H3;/q+1;-1. The predicted octanol–water partition coefficient (Wildman–Crippen LogP) is 6.00. The molecule has 0 radical (unpaired) electrons. The SMILES string of the molecule is CCCCCCCCC[n+]1csc2ccccc21.O=S(=O)([N-]S(=O)(=O)C(F)(F)F)C(F)(F)F. The van der Waals surface area contributed by atoms with E-state index in [4.69, 9.17) is 0 Å². The summed E-state index contributed by atoms with van der Waals surface area (Å²) in [6.45, 7) is 3.45.